The van der Waals surface area contributed by atoms with Gasteiger partial charge >= 0.3 is 0 Å². The molecule has 1 atom stereocenters. The summed E-state index contributed by atoms with van der Waals surface area (Å²) in [7, 11) is 0. The number of pyridine rings is 1. The fraction of sp³-hybridized carbons (Fsp3) is 0.500. The van der Waals surface area contributed by atoms with E-state index in [4.69, 9.17) is 0 Å². The molecule has 0 N–H and O–H groups in total. The lowest BCUT2D eigenvalue weighted by atomic mass is 9.97. The third kappa shape index (κ3) is 1.07. The van der Waals surface area contributed by atoms with Gasteiger partial charge in [-0.05, 0) is 24.8 Å². The zero-order chi connectivity index (χ0) is 8.55. The normalized spacial score (nSPS) is 21.9. The van der Waals surface area contributed by atoms with Gasteiger partial charge in [-0.2, -0.15) is 0 Å². The molecule has 0 radical (unpaired) electrons. The molecule has 2 nitrogen and oxygen atoms in total. The Morgan fingerprint density at radius 1 is 1.50 bits per heavy atom. The Hall–Kier alpha value is -1.05. The maximum absolute atomic E-state index is 11.4. The van der Waals surface area contributed by atoms with E-state index in [9.17, 15) is 4.79 Å². The first-order chi connectivity index (χ1) is 5.79. The van der Waals surface area contributed by atoms with E-state index in [0.717, 1.165) is 13.0 Å². The molecule has 2 heterocycles. The molecule has 0 aromatic carbocycles. The van der Waals surface area contributed by atoms with Crippen molar-refractivity contribution in [1.82, 2.24) is 4.57 Å². The summed E-state index contributed by atoms with van der Waals surface area (Å²) in [5.41, 5.74) is 1.35. The molecule has 0 amide bonds. The maximum Gasteiger partial charge on any atom is 0.250 e. The Labute approximate surface area is 71.8 Å². The van der Waals surface area contributed by atoms with E-state index >= 15 is 0 Å². The summed E-state index contributed by atoms with van der Waals surface area (Å²) in [6, 6.07) is 5.56. The summed E-state index contributed by atoms with van der Waals surface area (Å²) in [5, 5.41) is 0. The Morgan fingerprint density at radius 2 is 2.33 bits per heavy atom. The molecule has 64 valence electrons. The highest BCUT2D eigenvalue weighted by Crippen LogP contribution is 2.23. The summed E-state index contributed by atoms with van der Waals surface area (Å²) in [6.45, 7) is 3.09. The molecule has 1 aromatic rings. The minimum Gasteiger partial charge on any atom is -0.312 e. The summed E-state index contributed by atoms with van der Waals surface area (Å²) in [6.07, 6.45) is 2.35. The molecule has 0 saturated heterocycles. The monoisotopic (exact) mass is 163 g/mol. The molecular formula is C10H13NO. The number of hydrogen-bond acceptors (Lipinski definition) is 1. The first-order valence-electron chi connectivity index (χ1n) is 4.49. The van der Waals surface area contributed by atoms with E-state index in [1.54, 1.807) is 6.07 Å². The third-order valence-corrected chi connectivity index (χ3v) is 2.61. The molecule has 12 heavy (non-hydrogen) atoms. The number of nitrogens with zero attached hydrogens (tertiary/aromatic N) is 1. The van der Waals surface area contributed by atoms with Crippen LogP contribution in [0.3, 0.4) is 0 Å². The Bertz CT molecular complexity index is 340. The molecule has 2 rings (SSSR count). The highest BCUT2D eigenvalue weighted by molar-refractivity contribution is 5.12. The number of rotatable bonds is 0. The van der Waals surface area contributed by atoms with E-state index in [2.05, 4.69) is 13.0 Å². The molecule has 0 bridgehead atoms. The number of hydrogen-bond donors (Lipinski definition) is 0. The van der Waals surface area contributed by atoms with Gasteiger partial charge in [-0.3, -0.25) is 4.79 Å². The van der Waals surface area contributed by atoms with Crippen LogP contribution in [0.15, 0.2) is 23.0 Å². The predicted octanol–water partition coefficient (Wildman–Crippen LogP) is 1.75. The standard InChI is InChI=1S/C10H13NO/c1-8-4-3-7-11-9(8)5-2-6-10(11)12/h2,5-6,8H,3-4,7H2,1H3/t8-/m1/s1. The van der Waals surface area contributed by atoms with Gasteiger partial charge in [0.15, 0.2) is 0 Å². The van der Waals surface area contributed by atoms with Crippen LogP contribution in [0.25, 0.3) is 0 Å². The quantitative estimate of drug-likeness (QED) is 0.571. The summed E-state index contributed by atoms with van der Waals surface area (Å²) in [5.74, 6) is 0.549. The highest BCUT2D eigenvalue weighted by atomic mass is 16.1. The summed E-state index contributed by atoms with van der Waals surface area (Å²) < 4.78 is 1.90. The zero-order valence-electron chi connectivity index (χ0n) is 7.29. The third-order valence-electron chi connectivity index (χ3n) is 2.61. The number of fused-ring (bicyclic) bond motifs is 1. The lowest BCUT2D eigenvalue weighted by molar-refractivity contribution is 0.459. The zero-order valence-corrected chi connectivity index (χ0v) is 7.29. The van der Waals surface area contributed by atoms with Crippen LogP contribution in [0.2, 0.25) is 0 Å². The second kappa shape index (κ2) is 2.77. The van der Waals surface area contributed by atoms with Gasteiger partial charge in [0.1, 0.15) is 0 Å². The van der Waals surface area contributed by atoms with Crippen molar-refractivity contribution in [2.75, 3.05) is 0 Å². The van der Waals surface area contributed by atoms with E-state index in [0.29, 0.717) is 5.92 Å². The molecule has 1 aliphatic rings. The predicted molar refractivity (Wildman–Crippen MR) is 48.4 cm³/mol. The molecule has 2 heteroatoms. The van der Waals surface area contributed by atoms with Gasteiger partial charge < -0.3 is 4.57 Å². The van der Waals surface area contributed by atoms with Crippen LogP contribution in [0, 0.1) is 0 Å². The maximum atomic E-state index is 11.4. The minimum absolute atomic E-state index is 0.152. The second-order valence-electron chi connectivity index (χ2n) is 3.48. The van der Waals surface area contributed by atoms with Crippen LogP contribution in [0.5, 0.6) is 0 Å². The van der Waals surface area contributed by atoms with Gasteiger partial charge in [0, 0.05) is 18.3 Å². The van der Waals surface area contributed by atoms with E-state index < -0.39 is 0 Å². The van der Waals surface area contributed by atoms with Gasteiger partial charge in [-0.1, -0.05) is 13.0 Å². The van der Waals surface area contributed by atoms with Gasteiger partial charge in [0.05, 0.1) is 0 Å². The molecular weight excluding hydrogens is 150 g/mol. The second-order valence-corrected chi connectivity index (χ2v) is 3.48. The lowest BCUT2D eigenvalue weighted by Crippen LogP contribution is -2.26. The van der Waals surface area contributed by atoms with Crippen LogP contribution in [-0.2, 0) is 6.54 Å². The van der Waals surface area contributed by atoms with Crippen molar-refractivity contribution >= 4 is 0 Å². The average molecular weight is 163 g/mol. The van der Waals surface area contributed by atoms with Crippen molar-refractivity contribution in [2.45, 2.75) is 32.2 Å². The van der Waals surface area contributed by atoms with Gasteiger partial charge in [0.25, 0.3) is 5.56 Å². The molecule has 1 aliphatic heterocycles. The van der Waals surface area contributed by atoms with E-state index in [1.165, 1.54) is 12.1 Å². The molecule has 1 aromatic heterocycles. The van der Waals surface area contributed by atoms with Gasteiger partial charge in [0.2, 0.25) is 0 Å². The SMILES string of the molecule is C[C@@H]1CCCn2c1cccc2=O. The first-order valence-corrected chi connectivity index (χ1v) is 4.49. The van der Waals surface area contributed by atoms with Crippen LogP contribution in [-0.4, -0.2) is 4.57 Å². The summed E-state index contributed by atoms with van der Waals surface area (Å²) >= 11 is 0. The molecule has 0 saturated carbocycles. The van der Waals surface area contributed by atoms with E-state index in [-0.39, 0.29) is 5.56 Å². The van der Waals surface area contributed by atoms with Crippen molar-refractivity contribution in [1.29, 1.82) is 0 Å². The largest absolute Gasteiger partial charge is 0.312 e. The average Bonchev–Trinajstić information content (AvgIpc) is 2.07. The highest BCUT2D eigenvalue weighted by Gasteiger charge is 2.15. The molecule has 0 unspecified atom stereocenters. The van der Waals surface area contributed by atoms with Crippen molar-refractivity contribution in [3.8, 4) is 0 Å². The Kier molecular flexibility index (Phi) is 1.75. The molecule has 0 aliphatic carbocycles. The Morgan fingerprint density at radius 3 is 3.08 bits per heavy atom. The minimum atomic E-state index is 0.152. The lowest BCUT2D eigenvalue weighted by Gasteiger charge is -2.23. The topological polar surface area (TPSA) is 22.0 Å². The van der Waals surface area contributed by atoms with Crippen molar-refractivity contribution in [3.63, 3.8) is 0 Å². The van der Waals surface area contributed by atoms with E-state index in [1.807, 2.05) is 10.6 Å². The molecule has 0 spiro atoms. The van der Waals surface area contributed by atoms with Gasteiger partial charge in [-0.25, -0.2) is 0 Å². The van der Waals surface area contributed by atoms with Crippen LogP contribution in [0.1, 0.15) is 31.4 Å². The fourth-order valence-corrected chi connectivity index (χ4v) is 1.91. The van der Waals surface area contributed by atoms with Crippen LogP contribution < -0.4 is 5.56 Å². The van der Waals surface area contributed by atoms with Gasteiger partial charge in [-0.15, -0.1) is 0 Å². The van der Waals surface area contributed by atoms with Crippen molar-refractivity contribution in [2.24, 2.45) is 0 Å². The van der Waals surface area contributed by atoms with Crippen molar-refractivity contribution < 1.29 is 0 Å². The summed E-state index contributed by atoms with van der Waals surface area (Å²) in [4.78, 5) is 11.4. The first kappa shape index (κ1) is 7.59. The Balaban J connectivity index is 2.59. The van der Waals surface area contributed by atoms with Crippen LogP contribution >= 0.6 is 0 Å². The molecule has 0 fully saturated rings. The fourth-order valence-electron chi connectivity index (χ4n) is 1.91. The van der Waals surface area contributed by atoms with Crippen molar-refractivity contribution in [3.05, 3.63) is 34.2 Å². The number of aromatic nitrogens is 1. The van der Waals surface area contributed by atoms with Crippen LogP contribution in [0.4, 0.5) is 0 Å². The smallest absolute Gasteiger partial charge is 0.250 e.